The van der Waals surface area contributed by atoms with Crippen molar-refractivity contribution in [1.82, 2.24) is 20.0 Å². The summed E-state index contributed by atoms with van der Waals surface area (Å²) in [6.07, 6.45) is -2.71. The number of hydrogen-bond acceptors (Lipinski definition) is 7. The third-order valence-corrected chi connectivity index (χ3v) is 7.48. The summed E-state index contributed by atoms with van der Waals surface area (Å²) < 4.78 is 59.5. The van der Waals surface area contributed by atoms with Gasteiger partial charge in [0.2, 0.25) is 0 Å². The molecule has 0 bridgehead atoms. The Morgan fingerprint density at radius 3 is 2.57 bits per heavy atom. The summed E-state index contributed by atoms with van der Waals surface area (Å²) in [6, 6.07) is 8.39. The van der Waals surface area contributed by atoms with E-state index in [0.29, 0.717) is 40.0 Å². The lowest BCUT2D eigenvalue weighted by molar-refractivity contribution is -0.137. The van der Waals surface area contributed by atoms with Gasteiger partial charge in [-0.2, -0.15) is 13.2 Å². The molecule has 2 aromatic carbocycles. The Kier molecular flexibility index (Phi) is 7.98. The molecule has 0 unspecified atom stereocenters. The highest BCUT2D eigenvalue weighted by atomic mass is 32.1. The van der Waals surface area contributed by atoms with Crippen LogP contribution < -0.4 is 10.7 Å². The molecule has 0 aliphatic carbocycles. The second kappa shape index (κ2) is 11.0. The Morgan fingerprint density at radius 2 is 1.95 bits per heavy atom. The molecule has 12 heteroatoms. The Labute approximate surface area is 214 Å². The highest BCUT2D eigenvalue weighted by Gasteiger charge is 2.31. The molecule has 0 fully saturated rings. The van der Waals surface area contributed by atoms with Crippen LogP contribution in [-0.2, 0) is 12.7 Å². The molecule has 37 heavy (non-hydrogen) atoms. The Bertz CT molecular complexity index is 1410. The molecule has 0 aliphatic heterocycles. The summed E-state index contributed by atoms with van der Waals surface area (Å²) in [4.78, 5) is 22.4. The molecule has 7 nitrogen and oxygen atoms in total. The van der Waals surface area contributed by atoms with Crippen LogP contribution >= 0.6 is 11.3 Å². The van der Waals surface area contributed by atoms with Crippen molar-refractivity contribution in [3.8, 4) is 11.4 Å². The first kappa shape index (κ1) is 26.8. The second-order valence-corrected chi connectivity index (χ2v) is 9.79. The molecule has 0 radical (unpaired) electrons. The number of halogens is 4. The van der Waals surface area contributed by atoms with Crippen LogP contribution in [0.3, 0.4) is 0 Å². The van der Waals surface area contributed by atoms with E-state index in [-0.39, 0.29) is 11.4 Å². The summed E-state index contributed by atoms with van der Waals surface area (Å²) in [5.74, 6) is -1.37. The van der Waals surface area contributed by atoms with Gasteiger partial charge in [-0.25, -0.2) is 14.2 Å². The fraction of sp³-hybridized carbons (Fsp3) is 0.400. The lowest BCUT2D eigenvalue weighted by atomic mass is 10.1. The minimum atomic E-state index is -4.44. The zero-order valence-electron chi connectivity index (χ0n) is 20.6. The maximum atomic E-state index is 14.9. The molecule has 0 saturated carbocycles. The molecule has 0 aliphatic rings. The summed E-state index contributed by atoms with van der Waals surface area (Å²) in [5, 5.41) is 4.09. The third kappa shape index (κ3) is 6.19. The molecule has 4 rings (SSSR count). The van der Waals surface area contributed by atoms with Gasteiger partial charge in [0.15, 0.2) is 11.0 Å². The van der Waals surface area contributed by atoms with Crippen molar-refractivity contribution >= 4 is 26.7 Å². The molecule has 0 spiro atoms. The number of aromatic nitrogens is 3. The monoisotopic (exact) mass is 537 g/mol. The number of aromatic amines is 1. The SMILES string of the molecule is CC[C@@H](CCN(Cc1ccc(-c2noc(=O)[nH]2)c(F)c1)c1nc2ccc(C(F)(F)F)cc2s1)N(C)CC. The largest absolute Gasteiger partial charge is 0.439 e. The predicted octanol–water partition coefficient (Wildman–Crippen LogP) is 5.92. The van der Waals surface area contributed by atoms with Crippen molar-refractivity contribution in [2.24, 2.45) is 0 Å². The van der Waals surface area contributed by atoms with Gasteiger partial charge in [-0.15, -0.1) is 0 Å². The van der Waals surface area contributed by atoms with Gasteiger partial charge < -0.3 is 9.80 Å². The molecule has 198 valence electrons. The first-order valence-corrected chi connectivity index (χ1v) is 12.7. The van der Waals surface area contributed by atoms with Gasteiger partial charge in [-0.1, -0.05) is 36.4 Å². The first-order chi connectivity index (χ1) is 17.6. The van der Waals surface area contributed by atoms with E-state index in [2.05, 4.69) is 45.4 Å². The van der Waals surface area contributed by atoms with Gasteiger partial charge in [-0.3, -0.25) is 9.51 Å². The van der Waals surface area contributed by atoms with E-state index in [1.54, 1.807) is 6.07 Å². The quantitative estimate of drug-likeness (QED) is 0.253. The Balaban J connectivity index is 1.64. The number of benzene rings is 2. The van der Waals surface area contributed by atoms with Gasteiger partial charge in [-0.05, 0) is 62.3 Å². The average molecular weight is 538 g/mol. The van der Waals surface area contributed by atoms with Crippen molar-refractivity contribution in [3.63, 3.8) is 0 Å². The number of nitrogens with one attached hydrogen (secondary N) is 1. The number of nitrogens with zero attached hydrogens (tertiary/aromatic N) is 4. The van der Waals surface area contributed by atoms with Crippen LogP contribution in [0.15, 0.2) is 45.7 Å². The number of H-pyrrole nitrogens is 1. The average Bonchev–Trinajstić information content (AvgIpc) is 3.48. The van der Waals surface area contributed by atoms with Crippen LogP contribution in [-0.4, -0.2) is 46.2 Å². The third-order valence-electron chi connectivity index (χ3n) is 6.40. The molecule has 1 atom stereocenters. The predicted molar refractivity (Wildman–Crippen MR) is 135 cm³/mol. The van der Waals surface area contributed by atoms with Crippen molar-refractivity contribution < 1.29 is 22.1 Å². The number of rotatable bonds is 10. The molecule has 1 N–H and O–H groups in total. The van der Waals surface area contributed by atoms with E-state index in [0.717, 1.165) is 31.5 Å². The molecular weight excluding hydrogens is 510 g/mol. The molecule has 4 aromatic rings. The fourth-order valence-corrected chi connectivity index (χ4v) is 5.21. The maximum Gasteiger partial charge on any atom is 0.439 e. The highest BCUT2D eigenvalue weighted by Crippen LogP contribution is 2.36. The fourth-order valence-electron chi connectivity index (χ4n) is 4.18. The van der Waals surface area contributed by atoms with Crippen molar-refractivity contribution in [3.05, 3.63) is 63.9 Å². The minimum absolute atomic E-state index is 0.00839. The summed E-state index contributed by atoms with van der Waals surface area (Å²) in [6.45, 7) is 5.95. The van der Waals surface area contributed by atoms with Gasteiger partial charge in [0.1, 0.15) is 5.82 Å². The van der Waals surface area contributed by atoms with Crippen molar-refractivity contribution in [2.75, 3.05) is 25.0 Å². The smallest absolute Gasteiger partial charge is 0.344 e. The van der Waals surface area contributed by atoms with Crippen LogP contribution in [0.5, 0.6) is 0 Å². The highest BCUT2D eigenvalue weighted by molar-refractivity contribution is 7.22. The molecule has 2 heterocycles. The lowest BCUT2D eigenvalue weighted by Gasteiger charge is -2.29. The van der Waals surface area contributed by atoms with Crippen LogP contribution in [0.1, 0.15) is 37.8 Å². The van der Waals surface area contributed by atoms with Gasteiger partial charge in [0.05, 0.1) is 21.3 Å². The van der Waals surface area contributed by atoms with Crippen LogP contribution in [0.25, 0.3) is 21.6 Å². The molecule has 0 saturated heterocycles. The topological polar surface area (TPSA) is 78.3 Å². The minimum Gasteiger partial charge on any atom is -0.344 e. The van der Waals surface area contributed by atoms with Crippen LogP contribution in [0.2, 0.25) is 0 Å². The van der Waals surface area contributed by atoms with E-state index in [4.69, 9.17) is 0 Å². The van der Waals surface area contributed by atoms with E-state index in [1.807, 2.05) is 4.90 Å². The number of alkyl halides is 3. The van der Waals surface area contributed by atoms with Gasteiger partial charge >= 0.3 is 11.9 Å². The summed E-state index contributed by atoms with van der Waals surface area (Å²) >= 11 is 1.18. The second-order valence-electron chi connectivity index (χ2n) is 8.78. The number of fused-ring (bicyclic) bond motifs is 1. The zero-order valence-corrected chi connectivity index (χ0v) is 21.4. The molecule has 0 amide bonds. The maximum absolute atomic E-state index is 14.9. The molecule has 2 aromatic heterocycles. The van der Waals surface area contributed by atoms with E-state index < -0.39 is 23.3 Å². The lowest BCUT2D eigenvalue weighted by Crippen LogP contribution is -2.35. The standard InChI is InChI=1S/C25H27F4N5O2S/c1-4-17(33(3)5-2)10-11-34(23-30-20-9-7-16(25(27,28)29)13-21(20)37-23)14-15-6-8-18(19(26)12-15)22-31-24(35)36-32-22/h6-9,12-13,17H,4-5,10-11,14H2,1-3H3,(H,31,32,35)/t17-/m0/s1. The van der Waals surface area contributed by atoms with Gasteiger partial charge in [0, 0.05) is 19.1 Å². The van der Waals surface area contributed by atoms with Gasteiger partial charge in [0.25, 0.3) is 0 Å². The van der Waals surface area contributed by atoms with E-state index in [9.17, 15) is 22.4 Å². The van der Waals surface area contributed by atoms with Crippen molar-refractivity contribution in [2.45, 2.75) is 45.5 Å². The number of thiazole rings is 1. The van der Waals surface area contributed by atoms with Crippen molar-refractivity contribution in [1.29, 1.82) is 0 Å². The number of hydrogen-bond donors (Lipinski definition) is 1. The number of anilines is 1. The molecular formula is C25H27F4N5O2S. The summed E-state index contributed by atoms with van der Waals surface area (Å²) in [5.41, 5.74) is 0.490. The first-order valence-electron chi connectivity index (χ1n) is 11.9. The summed E-state index contributed by atoms with van der Waals surface area (Å²) in [7, 11) is 2.05. The normalized spacial score (nSPS) is 13.0. The van der Waals surface area contributed by atoms with E-state index in [1.165, 1.54) is 29.5 Å². The van der Waals surface area contributed by atoms with Crippen LogP contribution in [0, 0.1) is 5.82 Å². The zero-order chi connectivity index (χ0) is 26.7. The van der Waals surface area contributed by atoms with Crippen LogP contribution in [0.4, 0.5) is 22.7 Å². The van der Waals surface area contributed by atoms with E-state index >= 15 is 0 Å². The Morgan fingerprint density at radius 1 is 1.16 bits per heavy atom. The Hall–Kier alpha value is -3.25.